The fraction of sp³-hybridized carbons (Fsp3) is 0.556. The van der Waals surface area contributed by atoms with Crippen molar-refractivity contribution in [3.8, 4) is 11.4 Å². The Hall–Kier alpha value is -1.93. The third kappa shape index (κ3) is 4.62. The molecule has 2 aromatic rings. The molecule has 0 aliphatic carbocycles. The summed E-state index contributed by atoms with van der Waals surface area (Å²) >= 11 is 1.44. The molecule has 1 aliphatic rings. The highest BCUT2D eigenvalue weighted by Crippen LogP contribution is 2.24. The summed E-state index contributed by atoms with van der Waals surface area (Å²) in [5.74, 6) is 2.04. The zero-order valence-corrected chi connectivity index (χ0v) is 16.1. The SMILES string of the molecule is COCCn1c(SCC(=O)N2CCC(C)CC2)nnc1-c1ccncc1. The highest BCUT2D eigenvalue weighted by atomic mass is 32.2. The van der Waals surface area contributed by atoms with Crippen LogP contribution in [0.2, 0.25) is 0 Å². The van der Waals surface area contributed by atoms with Gasteiger partial charge in [-0.15, -0.1) is 10.2 Å². The van der Waals surface area contributed by atoms with Gasteiger partial charge >= 0.3 is 0 Å². The van der Waals surface area contributed by atoms with Gasteiger partial charge in [-0.3, -0.25) is 14.3 Å². The molecule has 1 aliphatic heterocycles. The van der Waals surface area contributed by atoms with Gasteiger partial charge in [0.25, 0.3) is 0 Å². The molecule has 0 atom stereocenters. The summed E-state index contributed by atoms with van der Waals surface area (Å²) in [5, 5.41) is 9.37. The van der Waals surface area contributed by atoms with Crippen molar-refractivity contribution in [1.29, 1.82) is 0 Å². The second kappa shape index (κ2) is 9.14. The van der Waals surface area contributed by atoms with Crippen LogP contribution in [0.4, 0.5) is 0 Å². The predicted octanol–water partition coefficient (Wildman–Crippen LogP) is 2.34. The molecule has 0 aromatic carbocycles. The van der Waals surface area contributed by atoms with Crippen molar-refractivity contribution in [3.63, 3.8) is 0 Å². The lowest BCUT2D eigenvalue weighted by Crippen LogP contribution is -2.38. The van der Waals surface area contributed by atoms with Gasteiger partial charge in [-0.25, -0.2) is 0 Å². The first-order chi connectivity index (χ1) is 12.7. The van der Waals surface area contributed by atoms with E-state index in [1.807, 2.05) is 21.6 Å². The van der Waals surface area contributed by atoms with E-state index >= 15 is 0 Å². The molecule has 0 bridgehead atoms. The number of rotatable bonds is 7. The van der Waals surface area contributed by atoms with Crippen LogP contribution >= 0.6 is 11.8 Å². The Labute approximate surface area is 158 Å². The van der Waals surface area contributed by atoms with Crippen molar-refractivity contribution >= 4 is 17.7 Å². The van der Waals surface area contributed by atoms with Gasteiger partial charge in [0.2, 0.25) is 5.91 Å². The van der Waals surface area contributed by atoms with E-state index in [4.69, 9.17) is 4.74 Å². The summed E-state index contributed by atoms with van der Waals surface area (Å²) in [6, 6.07) is 3.81. The van der Waals surface area contributed by atoms with Crippen LogP contribution in [0.3, 0.4) is 0 Å². The van der Waals surface area contributed by atoms with Crippen molar-refractivity contribution in [2.24, 2.45) is 5.92 Å². The Balaban J connectivity index is 1.69. The third-order valence-electron chi connectivity index (χ3n) is 4.64. The highest BCUT2D eigenvalue weighted by Gasteiger charge is 2.22. The van der Waals surface area contributed by atoms with Crippen molar-refractivity contribution in [2.75, 3.05) is 32.6 Å². The van der Waals surface area contributed by atoms with Crippen molar-refractivity contribution in [3.05, 3.63) is 24.5 Å². The maximum Gasteiger partial charge on any atom is 0.233 e. The number of carbonyl (C=O) groups is 1. The van der Waals surface area contributed by atoms with Crippen LogP contribution in [0.5, 0.6) is 0 Å². The van der Waals surface area contributed by atoms with Crippen LogP contribution in [0, 0.1) is 5.92 Å². The molecule has 7 nitrogen and oxygen atoms in total. The zero-order valence-electron chi connectivity index (χ0n) is 15.3. The minimum absolute atomic E-state index is 0.175. The number of thioether (sulfide) groups is 1. The summed E-state index contributed by atoms with van der Waals surface area (Å²) < 4.78 is 7.23. The first-order valence-corrected chi connectivity index (χ1v) is 9.90. The molecule has 1 fully saturated rings. The maximum absolute atomic E-state index is 12.5. The Morgan fingerprint density at radius 3 is 2.69 bits per heavy atom. The number of amides is 1. The van der Waals surface area contributed by atoms with E-state index in [1.165, 1.54) is 11.8 Å². The molecule has 0 radical (unpaired) electrons. The first-order valence-electron chi connectivity index (χ1n) is 8.92. The molecule has 1 amide bonds. The average Bonchev–Trinajstić information content (AvgIpc) is 3.08. The number of methoxy groups -OCH3 is 1. The number of ether oxygens (including phenoxy) is 1. The van der Waals surface area contributed by atoms with Gasteiger partial charge in [0.1, 0.15) is 0 Å². The molecule has 0 saturated carbocycles. The monoisotopic (exact) mass is 375 g/mol. The number of hydrogen-bond acceptors (Lipinski definition) is 6. The molecule has 140 valence electrons. The van der Waals surface area contributed by atoms with Crippen LogP contribution in [0.15, 0.2) is 29.7 Å². The summed E-state index contributed by atoms with van der Waals surface area (Å²) in [4.78, 5) is 18.5. The molecule has 2 aromatic heterocycles. The lowest BCUT2D eigenvalue weighted by Gasteiger charge is -2.30. The standard InChI is InChI=1S/C18H25N5O2S/c1-14-5-9-22(10-6-14)16(24)13-26-18-21-20-17(23(18)11-12-25-2)15-3-7-19-8-4-15/h3-4,7-8,14H,5-6,9-13H2,1-2H3. The molecular weight excluding hydrogens is 350 g/mol. The van der Waals surface area contributed by atoms with Gasteiger partial charge in [0.05, 0.1) is 18.9 Å². The van der Waals surface area contributed by atoms with Gasteiger partial charge in [-0.05, 0) is 30.9 Å². The summed E-state index contributed by atoms with van der Waals surface area (Å²) in [7, 11) is 1.67. The van der Waals surface area contributed by atoms with Crippen molar-refractivity contribution in [1.82, 2.24) is 24.6 Å². The Morgan fingerprint density at radius 1 is 1.27 bits per heavy atom. The Kier molecular flexibility index (Phi) is 6.62. The number of carbonyl (C=O) groups excluding carboxylic acids is 1. The average molecular weight is 375 g/mol. The molecule has 8 heteroatoms. The first kappa shape index (κ1) is 18.8. The van der Waals surface area contributed by atoms with Crippen LogP contribution in [0.1, 0.15) is 19.8 Å². The number of nitrogens with zero attached hydrogens (tertiary/aromatic N) is 5. The third-order valence-corrected chi connectivity index (χ3v) is 5.59. The normalized spacial score (nSPS) is 15.4. The molecular formula is C18H25N5O2S. The summed E-state index contributed by atoms with van der Waals surface area (Å²) in [5.41, 5.74) is 0.951. The fourth-order valence-corrected chi connectivity index (χ4v) is 3.84. The minimum Gasteiger partial charge on any atom is -0.383 e. The van der Waals surface area contributed by atoms with E-state index in [1.54, 1.807) is 19.5 Å². The summed E-state index contributed by atoms with van der Waals surface area (Å²) in [6.45, 7) is 5.16. The van der Waals surface area contributed by atoms with E-state index in [2.05, 4.69) is 22.1 Å². The quantitative estimate of drug-likeness (QED) is 0.692. The largest absolute Gasteiger partial charge is 0.383 e. The van der Waals surface area contributed by atoms with Gasteiger partial charge in [0.15, 0.2) is 11.0 Å². The van der Waals surface area contributed by atoms with E-state index in [0.717, 1.165) is 42.5 Å². The minimum atomic E-state index is 0.175. The van der Waals surface area contributed by atoms with Crippen LogP contribution in [0.25, 0.3) is 11.4 Å². The second-order valence-electron chi connectivity index (χ2n) is 6.54. The van der Waals surface area contributed by atoms with Crippen LogP contribution in [-0.2, 0) is 16.1 Å². The summed E-state index contributed by atoms with van der Waals surface area (Å²) in [6.07, 6.45) is 5.65. The molecule has 1 saturated heterocycles. The molecule has 0 N–H and O–H groups in total. The zero-order chi connectivity index (χ0) is 18.4. The van der Waals surface area contributed by atoms with E-state index < -0.39 is 0 Å². The van der Waals surface area contributed by atoms with Crippen molar-refractivity contribution in [2.45, 2.75) is 31.5 Å². The fourth-order valence-electron chi connectivity index (χ4n) is 2.97. The Morgan fingerprint density at radius 2 is 2.00 bits per heavy atom. The van der Waals surface area contributed by atoms with Gasteiger partial charge in [-0.2, -0.15) is 0 Å². The lowest BCUT2D eigenvalue weighted by atomic mass is 9.99. The van der Waals surface area contributed by atoms with Gasteiger partial charge < -0.3 is 9.64 Å². The number of likely N-dealkylation sites (tertiary alicyclic amines) is 1. The molecule has 26 heavy (non-hydrogen) atoms. The van der Waals surface area contributed by atoms with E-state index in [9.17, 15) is 4.79 Å². The number of pyridine rings is 1. The number of hydrogen-bond donors (Lipinski definition) is 0. The smallest absolute Gasteiger partial charge is 0.233 e. The molecule has 0 spiro atoms. The van der Waals surface area contributed by atoms with Crippen LogP contribution in [-0.4, -0.2) is 63.1 Å². The topological polar surface area (TPSA) is 73.1 Å². The second-order valence-corrected chi connectivity index (χ2v) is 7.48. The molecule has 3 rings (SSSR count). The lowest BCUT2D eigenvalue weighted by molar-refractivity contribution is -0.129. The van der Waals surface area contributed by atoms with Crippen molar-refractivity contribution < 1.29 is 9.53 Å². The Bertz CT molecular complexity index is 714. The van der Waals surface area contributed by atoms with Crippen LogP contribution < -0.4 is 0 Å². The molecule has 3 heterocycles. The van der Waals surface area contributed by atoms with Gasteiger partial charge in [-0.1, -0.05) is 18.7 Å². The maximum atomic E-state index is 12.5. The number of piperidine rings is 1. The van der Waals surface area contributed by atoms with E-state index in [0.29, 0.717) is 24.8 Å². The van der Waals surface area contributed by atoms with Gasteiger partial charge in [0, 0.05) is 38.2 Å². The highest BCUT2D eigenvalue weighted by molar-refractivity contribution is 7.99. The predicted molar refractivity (Wildman–Crippen MR) is 101 cm³/mol. The molecule has 0 unspecified atom stereocenters. The number of aromatic nitrogens is 4. The van der Waals surface area contributed by atoms with E-state index in [-0.39, 0.29) is 5.91 Å².